The normalized spacial score (nSPS) is 11.2. The molecule has 9 heteroatoms. The average molecular weight is 490 g/mol. The number of rotatable bonds is 11. The van der Waals surface area contributed by atoms with E-state index in [1.807, 2.05) is 67.6 Å². The Kier molecular flexibility index (Phi) is 8.12. The van der Waals surface area contributed by atoms with Crippen LogP contribution in [0.15, 0.2) is 76.6 Å². The number of hydrogen-bond acceptors (Lipinski definition) is 5. The Morgan fingerprint density at radius 1 is 0.972 bits per heavy atom. The Morgan fingerprint density at radius 3 is 2.28 bits per heavy atom. The van der Waals surface area contributed by atoms with Gasteiger partial charge in [-0.2, -0.15) is 0 Å². The average Bonchev–Trinajstić information content (AvgIpc) is 3.32. The Bertz CT molecular complexity index is 1420. The molecule has 0 radical (unpaired) electrons. The van der Waals surface area contributed by atoms with Crippen LogP contribution in [0, 0.1) is 0 Å². The summed E-state index contributed by atoms with van der Waals surface area (Å²) < 4.78 is 9.35. The molecule has 0 fully saturated rings. The highest BCUT2D eigenvalue weighted by molar-refractivity contribution is 5.77. The van der Waals surface area contributed by atoms with E-state index in [2.05, 4.69) is 4.98 Å². The third-order valence-corrected chi connectivity index (χ3v) is 6.06. The quantitative estimate of drug-likeness (QED) is 0.323. The lowest BCUT2D eigenvalue weighted by atomic mass is 10.2. The third kappa shape index (κ3) is 5.46. The molecular formula is C27H31N5O4. The van der Waals surface area contributed by atoms with Gasteiger partial charge in [-0.3, -0.25) is 14.2 Å². The minimum Gasteiger partial charge on any atom is -0.383 e. The molecule has 2 aromatic carbocycles. The first kappa shape index (κ1) is 25.1. The van der Waals surface area contributed by atoms with Gasteiger partial charge in [0.1, 0.15) is 6.54 Å². The molecule has 0 aliphatic carbocycles. The summed E-state index contributed by atoms with van der Waals surface area (Å²) in [6.07, 6.45) is 2.30. The third-order valence-electron chi connectivity index (χ3n) is 6.06. The molecule has 36 heavy (non-hydrogen) atoms. The molecule has 0 spiro atoms. The van der Waals surface area contributed by atoms with Crippen molar-refractivity contribution in [2.75, 3.05) is 20.3 Å². The molecule has 1 amide bonds. The number of fused-ring (bicyclic) bond motifs is 1. The van der Waals surface area contributed by atoms with Crippen LogP contribution in [0.5, 0.6) is 0 Å². The van der Waals surface area contributed by atoms with E-state index in [0.717, 1.165) is 22.1 Å². The van der Waals surface area contributed by atoms with E-state index in [4.69, 9.17) is 4.74 Å². The molecule has 4 rings (SSSR count). The van der Waals surface area contributed by atoms with Crippen molar-refractivity contribution in [1.82, 2.24) is 23.6 Å². The Balaban J connectivity index is 1.76. The van der Waals surface area contributed by atoms with Crippen LogP contribution in [0.4, 0.5) is 0 Å². The van der Waals surface area contributed by atoms with Crippen LogP contribution >= 0.6 is 0 Å². The van der Waals surface area contributed by atoms with E-state index < -0.39 is 11.2 Å². The van der Waals surface area contributed by atoms with Crippen molar-refractivity contribution in [2.24, 2.45) is 0 Å². The predicted molar refractivity (Wildman–Crippen MR) is 138 cm³/mol. The van der Waals surface area contributed by atoms with Crippen molar-refractivity contribution in [2.45, 2.75) is 39.5 Å². The summed E-state index contributed by atoms with van der Waals surface area (Å²) >= 11 is 0. The number of imidazole rings is 1. The molecule has 0 aliphatic heterocycles. The summed E-state index contributed by atoms with van der Waals surface area (Å²) in [6, 6.07) is 19.2. The Morgan fingerprint density at radius 2 is 1.64 bits per heavy atom. The summed E-state index contributed by atoms with van der Waals surface area (Å²) in [4.78, 5) is 46.6. The zero-order valence-electron chi connectivity index (χ0n) is 20.7. The maximum absolute atomic E-state index is 13.6. The molecule has 0 saturated carbocycles. The van der Waals surface area contributed by atoms with Gasteiger partial charge < -0.3 is 14.2 Å². The smallest absolute Gasteiger partial charge is 0.333 e. The van der Waals surface area contributed by atoms with Crippen molar-refractivity contribution in [3.8, 4) is 0 Å². The minimum atomic E-state index is -0.558. The molecule has 0 atom stereocenters. The van der Waals surface area contributed by atoms with Crippen molar-refractivity contribution in [3.05, 3.63) is 99.0 Å². The van der Waals surface area contributed by atoms with Gasteiger partial charge in [0.05, 0.1) is 19.5 Å². The van der Waals surface area contributed by atoms with Crippen molar-refractivity contribution >= 4 is 17.1 Å². The van der Waals surface area contributed by atoms with E-state index in [9.17, 15) is 14.4 Å². The van der Waals surface area contributed by atoms with E-state index in [0.29, 0.717) is 31.9 Å². The zero-order valence-corrected chi connectivity index (χ0v) is 20.7. The number of methoxy groups -OCH3 is 1. The SMILES string of the molecule is CCCN(Cc1ccccc1)C(=O)Cn1c(=O)c2c(ncn2CCOC)n(Cc2ccccc2)c1=O. The fraction of sp³-hybridized carbons (Fsp3) is 0.333. The van der Waals surface area contributed by atoms with Crippen LogP contribution in [-0.2, 0) is 35.7 Å². The molecular weight excluding hydrogens is 458 g/mol. The molecule has 0 unspecified atom stereocenters. The van der Waals surface area contributed by atoms with E-state index in [-0.39, 0.29) is 24.5 Å². The highest BCUT2D eigenvalue weighted by atomic mass is 16.5. The molecule has 0 aliphatic rings. The number of aromatic nitrogens is 4. The van der Waals surface area contributed by atoms with Crippen LogP contribution in [-0.4, -0.2) is 49.8 Å². The number of ether oxygens (including phenoxy) is 1. The molecule has 0 N–H and O–H groups in total. The Labute approximate surface area is 209 Å². The second-order valence-corrected chi connectivity index (χ2v) is 8.65. The molecule has 0 bridgehead atoms. The second-order valence-electron chi connectivity index (χ2n) is 8.65. The van der Waals surface area contributed by atoms with Crippen LogP contribution in [0.25, 0.3) is 11.2 Å². The first-order valence-electron chi connectivity index (χ1n) is 12.1. The fourth-order valence-electron chi connectivity index (χ4n) is 4.25. The van der Waals surface area contributed by atoms with Gasteiger partial charge in [-0.1, -0.05) is 67.6 Å². The number of nitrogens with zero attached hydrogens (tertiary/aromatic N) is 5. The van der Waals surface area contributed by atoms with Crippen LogP contribution in [0.2, 0.25) is 0 Å². The maximum atomic E-state index is 13.6. The highest BCUT2D eigenvalue weighted by Gasteiger charge is 2.22. The van der Waals surface area contributed by atoms with Gasteiger partial charge >= 0.3 is 5.69 Å². The first-order chi connectivity index (χ1) is 17.5. The summed E-state index contributed by atoms with van der Waals surface area (Å²) in [6.45, 7) is 3.59. The topological polar surface area (TPSA) is 91.4 Å². The van der Waals surface area contributed by atoms with Gasteiger partial charge in [0.25, 0.3) is 5.56 Å². The zero-order chi connectivity index (χ0) is 25.5. The van der Waals surface area contributed by atoms with Crippen LogP contribution < -0.4 is 11.2 Å². The second kappa shape index (κ2) is 11.6. The highest BCUT2D eigenvalue weighted by Crippen LogP contribution is 2.11. The molecule has 4 aromatic rings. The van der Waals surface area contributed by atoms with Crippen LogP contribution in [0.1, 0.15) is 24.5 Å². The molecule has 2 heterocycles. The minimum absolute atomic E-state index is 0.231. The fourth-order valence-corrected chi connectivity index (χ4v) is 4.25. The van der Waals surface area contributed by atoms with Crippen molar-refractivity contribution < 1.29 is 9.53 Å². The van der Waals surface area contributed by atoms with Gasteiger partial charge in [0.2, 0.25) is 5.91 Å². The lowest BCUT2D eigenvalue weighted by molar-refractivity contribution is -0.132. The Hall–Kier alpha value is -3.98. The number of benzene rings is 2. The monoisotopic (exact) mass is 489 g/mol. The van der Waals surface area contributed by atoms with Crippen LogP contribution in [0.3, 0.4) is 0 Å². The molecule has 2 aromatic heterocycles. The summed E-state index contributed by atoms with van der Waals surface area (Å²) in [5.74, 6) is -0.284. The summed E-state index contributed by atoms with van der Waals surface area (Å²) in [7, 11) is 1.58. The van der Waals surface area contributed by atoms with E-state index in [1.54, 1.807) is 16.6 Å². The van der Waals surface area contributed by atoms with E-state index >= 15 is 0 Å². The molecule has 188 valence electrons. The molecule has 9 nitrogen and oxygen atoms in total. The van der Waals surface area contributed by atoms with Gasteiger partial charge in [0.15, 0.2) is 11.2 Å². The molecule has 0 saturated heterocycles. The standard InChI is InChI=1S/C27H31N5O4/c1-3-14-29(17-21-10-6-4-7-11-21)23(33)19-32-26(34)24-25(28-20-30(24)15-16-36-2)31(27(32)35)18-22-12-8-5-9-13-22/h4-13,20H,3,14-19H2,1-2H3. The van der Waals surface area contributed by atoms with E-state index in [1.165, 1.54) is 10.9 Å². The lowest BCUT2D eigenvalue weighted by Crippen LogP contribution is -2.45. The first-order valence-corrected chi connectivity index (χ1v) is 12.1. The van der Waals surface area contributed by atoms with Crippen molar-refractivity contribution in [1.29, 1.82) is 0 Å². The van der Waals surface area contributed by atoms with Crippen molar-refractivity contribution in [3.63, 3.8) is 0 Å². The lowest BCUT2D eigenvalue weighted by Gasteiger charge is -2.23. The maximum Gasteiger partial charge on any atom is 0.333 e. The van der Waals surface area contributed by atoms with Gasteiger partial charge in [0, 0.05) is 26.7 Å². The summed E-state index contributed by atoms with van der Waals surface area (Å²) in [5.41, 5.74) is 1.36. The predicted octanol–water partition coefficient (Wildman–Crippen LogP) is 2.49. The largest absolute Gasteiger partial charge is 0.383 e. The number of hydrogen-bond donors (Lipinski definition) is 0. The van der Waals surface area contributed by atoms with Gasteiger partial charge in [-0.25, -0.2) is 14.3 Å². The number of carbonyl (C=O) groups is 1. The number of carbonyl (C=O) groups excluding carboxylic acids is 1. The summed E-state index contributed by atoms with van der Waals surface area (Å²) in [5, 5.41) is 0. The number of amides is 1. The van der Waals surface area contributed by atoms with Gasteiger partial charge in [-0.05, 0) is 17.5 Å². The van der Waals surface area contributed by atoms with Gasteiger partial charge in [-0.15, -0.1) is 0 Å².